The first-order chi connectivity index (χ1) is 20.1. The first kappa shape index (κ1) is 34.4. The van der Waals surface area contributed by atoms with Crippen LogP contribution in [0.4, 0.5) is 5.69 Å². The van der Waals surface area contributed by atoms with Crippen LogP contribution in [0.5, 0.6) is 0 Å². The summed E-state index contributed by atoms with van der Waals surface area (Å²) in [6, 6.07) is 20.4. The number of hydrogen-bond acceptors (Lipinski definition) is 4. The van der Waals surface area contributed by atoms with Crippen LogP contribution in [0.2, 0.25) is 10.0 Å². The minimum Gasteiger partial charge on any atom is -0.352 e. The third-order valence-electron chi connectivity index (χ3n) is 7.33. The van der Waals surface area contributed by atoms with Crippen molar-refractivity contribution in [3.63, 3.8) is 0 Å². The number of nitrogens with zero attached hydrogens (tertiary/aromatic N) is 2. The van der Waals surface area contributed by atoms with Crippen LogP contribution in [0, 0.1) is 0 Å². The van der Waals surface area contributed by atoms with Gasteiger partial charge in [0.15, 0.2) is 0 Å². The number of rotatable bonds is 12. The largest absolute Gasteiger partial charge is 0.352 e. The number of carbonyl (C=O) groups excluding carboxylic acids is 2. The van der Waals surface area contributed by atoms with Gasteiger partial charge in [-0.3, -0.25) is 13.9 Å². The third kappa shape index (κ3) is 9.71. The molecular formula is C33H41Cl2N3O4S. The van der Waals surface area contributed by atoms with Crippen molar-refractivity contribution in [1.29, 1.82) is 0 Å². The Morgan fingerprint density at radius 3 is 2.12 bits per heavy atom. The minimum atomic E-state index is -3.87. The zero-order valence-corrected chi connectivity index (χ0v) is 27.9. The molecule has 0 unspecified atom stereocenters. The lowest BCUT2D eigenvalue weighted by molar-refractivity contribution is -0.140. The molecule has 0 aliphatic rings. The van der Waals surface area contributed by atoms with Gasteiger partial charge in [0, 0.05) is 29.1 Å². The maximum Gasteiger partial charge on any atom is 0.244 e. The van der Waals surface area contributed by atoms with Crippen molar-refractivity contribution in [3.8, 4) is 0 Å². The summed E-state index contributed by atoms with van der Waals surface area (Å²) in [6.07, 6.45) is 1.99. The Bertz CT molecular complexity index is 1510. The van der Waals surface area contributed by atoms with Gasteiger partial charge >= 0.3 is 0 Å². The molecule has 2 amide bonds. The number of amides is 2. The van der Waals surface area contributed by atoms with Crippen LogP contribution in [0.3, 0.4) is 0 Å². The first-order valence-corrected chi connectivity index (χ1v) is 16.9. The molecule has 232 valence electrons. The summed E-state index contributed by atoms with van der Waals surface area (Å²) in [4.78, 5) is 29.4. The normalized spacial score (nSPS) is 13.2. The van der Waals surface area contributed by atoms with E-state index in [1.165, 1.54) is 4.90 Å². The molecular weight excluding hydrogens is 605 g/mol. The van der Waals surface area contributed by atoms with E-state index in [4.69, 9.17) is 23.2 Å². The van der Waals surface area contributed by atoms with E-state index in [0.29, 0.717) is 27.7 Å². The maximum absolute atomic E-state index is 14.2. The van der Waals surface area contributed by atoms with E-state index in [0.717, 1.165) is 21.7 Å². The molecule has 0 fully saturated rings. The van der Waals surface area contributed by atoms with Gasteiger partial charge in [-0.15, -0.1) is 0 Å². The Morgan fingerprint density at radius 2 is 1.58 bits per heavy atom. The van der Waals surface area contributed by atoms with Crippen molar-refractivity contribution in [2.24, 2.45) is 0 Å². The molecule has 0 spiro atoms. The second kappa shape index (κ2) is 14.6. The fourth-order valence-electron chi connectivity index (χ4n) is 4.57. The summed E-state index contributed by atoms with van der Waals surface area (Å²) in [5, 5.41) is 3.78. The Balaban J connectivity index is 2.08. The van der Waals surface area contributed by atoms with Crippen LogP contribution in [-0.4, -0.2) is 50.0 Å². The molecule has 0 heterocycles. The van der Waals surface area contributed by atoms with E-state index in [9.17, 15) is 18.0 Å². The lowest BCUT2D eigenvalue weighted by atomic mass is 9.87. The number of hydrogen-bond donors (Lipinski definition) is 1. The van der Waals surface area contributed by atoms with Gasteiger partial charge in [-0.05, 0) is 59.7 Å². The average Bonchev–Trinajstić information content (AvgIpc) is 2.94. The maximum atomic E-state index is 14.2. The fraction of sp³-hybridized carbons (Fsp3) is 0.394. The second-order valence-corrected chi connectivity index (χ2v) is 14.6. The number of sulfonamides is 1. The van der Waals surface area contributed by atoms with Crippen LogP contribution in [0.25, 0.3) is 0 Å². The van der Waals surface area contributed by atoms with E-state index >= 15 is 0 Å². The molecule has 3 aromatic carbocycles. The first-order valence-electron chi connectivity index (χ1n) is 14.3. The molecule has 3 aromatic rings. The molecule has 1 N–H and O–H groups in total. The van der Waals surface area contributed by atoms with Crippen LogP contribution < -0.4 is 9.62 Å². The SMILES string of the molecule is CC[C@H](C)NC(=O)[C@H](Cc1ccccc1)N(Cc1ccc(Cl)cc1Cl)C(=O)CN(c1ccc(C(C)(C)C)cc1)S(C)(=O)=O. The highest BCUT2D eigenvalue weighted by Gasteiger charge is 2.34. The smallest absolute Gasteiger partial charge is 0.244 e. The van der Waals surface area contributed by atoms with E-state index in [2.05, 4.69) is 26.1 Å². The van der Waals surface area contributed by atoms with Gasteiger partial charge in [0.05, 0.1) is 11.9 Å². The minimum absolute atomic E-state index is 0.0270. The van der Waals surface area contributed by atoms with Crippen molar-refractivity contribution in [1.82, 2.24) is 10.2 Å². The summed E-state index contributed by atoms with van der Waals surface area (Å²) in [7, 11) is -3.87. The van der Waals surface area contributed by atoms with E-state index in [1.807, 2.05) is 56.3 Å². The summed E-state index contributed by atoms with van der Waals surface area (Å²) >= 11 is 12.7. The predicted molar refractivity (Wildman–Crippen MR) is 176 cm³/mol. The molecule has 0 aliphatic carbocycles. The van der Waals surface area contributed by atoms with Crippen LogP contribution in [0.15, 0.2) is 72.8 Å². The van der Waals surface area contributed by atoms with Gasteiger partial charge in [-0.25, -0.2) is 8.42 Å². The summed E-state index contributed by atoms with van der Waals surface area (Å²) in [5.41, 5.74) is 2.68. The molecule has 7 nitrogen and oxygen atoms in total. The molecule has 0 bridgehead atoms. The van der Waals surface area contributed by atoms with E-state index < -0.39 is 28.5 Å². The van der Waals surface area contributed by atoms with Gasteiger partial charge in [-0.1, -0.05) is 99.4 Å². The lowest BCUT2D eigenvalue weighted by Gasteiger charge is -2.34. The number of nitrogens with one attached hydrogen (secondary N) is 1. The molecule has 0 aromatic heterocycles. The summed E-state index contributed by atoms with van der Waals surface area (Å²) in [5.74, 6) is -0.881. The van der Waals surface area contributed by atoms with Crippen molar-refractivity contribution in [2.45, 2.75) is 71.5 Å². The van der Waals surface area contributed by atoms with Gasteiger partial charge < -0.3 is 10.2 Å². The van der Waals surface area contributed by atoms with Crippen LogP contribution >= 0.6 is 23.2 Å². The van der Waals surface area contributed by atoms with Crippen molar-refractivity contribution in [3.05, 3.63) is 99.5 Å². The zero-order valence-electron chi connectivity index (χ0n) is 25.6. The standard InChI is InChI=1S/C33H41Cl2N3O4S/c1-7-23(2)36-32(40)30(19-24-11-9-8-10-12-24)37(21-25-13-16-27(34)20-29(25)35)31(39)22-38(43(6,41)42)28-17-14-26(15-18-28)33(3,4)5/h8-18,20,23,30H,7,19,21-22H2,1-6H3,(H,36,40)/t23-,30-/m0/s1. The molecule has 0 aliphatic heterocycles. The Hall–Kier alpha value is -3.07. The van der Waals surface area contributed by atoms with E-state index in [-0.39, 0.29) is 30.3 Å². The highest BCUT2D eigenvalue weighted by atomic mass is 35.5. The average molecular weight is 647 g/mol. The monoisotopic (exact) mass is 645 g/mol. The van der Waals surface area contributed by atoms with Gasteiger partial charge in [0.25, 0.3) is 0 Å². The van der Waals surface area contributed by atoms with Gasteiger partial charge in [-0.2, -0.15) is 0 Å². The molecule has 43 heavy (non-hydrogen) atoms. The fourth-order valence-corrected chi connectivity index (χ4v) is 5.89. The molecule has 3 rings (SSSR count). The summed E-state index contributed by atoms with van der Waals surface area (Å²) in [6.45, 7) is 9.53. The van der Waals surface area contributed by atoms with Crippen molar-refractivity contribution < 1.29 is 18.0 Å². The third-order valence-corrected chi connectivity index (χ3v) is 9.06. The van der Waals surface area contributed by atoms with Crippen LogP contribution in [-0.2, 0) is 38.0 Å². The summed E-state index contributed by atoms with van der Waals surface area (Å²) < 4.78 is 27.2. The van der Waals surface area contributed by atoms with Crippen molar-refractivity contribution >= 4 is 50.7 Å². The number of halogens is 2. The Kier molecular flexibility index (Phi) is 11.7. The molecule has 0 radical (unpaired) electrons. The van der Waals surface area contributed by atoms with Gasteiger partial charge in [0.1, 0.15) is 12.6 Å². The second-order valence-electron chi connectivity index (χ2n) is 11.8. The predicted octanol–water partition coefficient (Wildman–Crippen LogP) is 6.61. The Labute approximate surface area is 266 Å². The quantitative estimate of drug-likeness (QED) is 0.240. The molecule has 2 atom stereocenters. The van der Waals surface area contributed by atoms with Gasteiger partial charge in [0.2, 0.25) is 21.8 Å². The van der Waals surface area contributed by atoms with E-state index in [1.54, 1.807) is 30.3 Å². The molecule has 10 heteroatoms. The van der Waals surface area contributed by atoms with Crippen molar-refractivity contribution in [2.75, 3.05) is 17.1 Å². The van der Waals surface area contributed by atoms with Crippen LogP contribution in [0.1, 0.15) is 57.7 Å². The highest BCUT2D eigenvalue weighted by Crippen LogP contribution is 2.28. The molecule has 0 saturated heterocycles. The lowest BCUT2D eigenvalue weighted by Crippen LogP contribution is -2.54. The topological polar surface area (TPSA) is 86.8 Å². The Morgan fingerprint density at radius 1 is 0.953 bits per heavy atom. The molecule has 0 saturated carbocycles. The number of anilines is 1. The highest BCUT2D eigenvalue weighted by molar-refractivity contribution is 7.92. The zero-order chi connectivity index (χ0) is 31.9. The number of carbonyl (C=O) groups is 2. The number of benzene rings is 3.